The van der Waals surface area contributed by atoms with Crippen LogP contribution in [0.5, 0.6) is 0 Å². The summed E-state index contributed by atoms with van der Waals surface area (Å²) in [7, 11) is 0. The van der Waals surface area contributed by atoms with Gasteiger partial charge in [-0.3, -0.25) is 9.59 Å². The van der Waals surface area contributed by atoms with E-state index in [-0.39, 0.29) is 17.7 Å². The van der Waals surface area contributed by atoms with Gasteiger partial charge in [-0.2, -0.15) is 0 Å². The third-order valence-corrected chi connectivity index (χ3v) is 5.20. The van der Waals surface area contributed by atoms with Gasteiger partial charge in [0.15, 0.2) is 0 Å². The lowest BCUT2D eigenvalue weighted by Crippen LogP contribution is -2.40. The molecule has 1 heterocycles. The predicted molar refractivity (Wildman–Crippen MR) is 97.0 cm³/mol. The van der Waals surface area contributed by atoms with Crippen molar-refractivity contribution in [2.75, 3.05) is 11.9 Å². The summed E-state index contributed by atoms with van der Waals surface area (Å²) in [5.41, 5.74) is 1.87. The van der Waals surface area contributed by atoms with Crippen LogP contribution in [0.2, 0.25) is 0 Å². The molecule has 1 saturated heterocycles. The Labute approximate surface area is 149 Å². The minimum Gasteiger partial charge on any atom is -0.374 e. The van der Waals surface area contributed by atoms with E-state index in [2.05, 4.69) is 17.6 Å². The maximum absolute atomic E-state index is 12.3. The normalized spacial score (nSPS) is 26.8. The summed E-state index contributed by atoms with van der Waals surface area (Å²) < 4.78 is 6.07. The molecule has 1 aliphatic carbocycles. The van der Waals surface area contributed by atoms with Gasteiger partial charge in [0.1, 0.15) is 0 Å². The van der Waals surface area contributed by atoms with Gasteiger partial charge in [-0.15, -0.1) is 0 Å². The maximum Gasteiger partial charge on any atom is 0.229 e. The molecule has 2 N–H and O–H groups in total. The molecule has 136 valence electrons. The van der Waals surface area contributed by atoms with Crippen LogP contribution < -0.4 is 10.6 Å². The van der Waals surface area contributed by atoms with E-state index in [0.717, 1.165) is 30.0 Å². The predicted octanol–water partition coefficient (Wildman–Crippen LogP) is 3.25. The smallest absolute Gasteiger partial charge is 0.229 e. The Hall–Kier alpha value is -1.88. The fourth-order valence-corrected chi connectivity index (χ4v) is 3.68. The summed E-state index contributed by atoms with van der Waals surface area (Å²) in [6.45, 7) is 3.30. The fourth-order valence-electron chi connectivity index (χ4n) is 3.68. The van der Waals surface area contributed by atoms with Crippen molar-refractivity contribution < 1.29 is 14.3 Å². The summed E-state index contributed by atoms with van der Waals surface area (Å²) in [6, 6.07) is 7.85. The Balaban J connectivity index is 1.50. The monoisotopic (exact) mass is 344 g/mol. The number of piperidine rings is 1. The number of carbonyl (C=O) groups excluding carboxylic acids is 2. The highest BCUT2D eigenvalue weighted by molar-refractivity contribution is 5.94. The van der Waals surface area contributed by atoms with Crippen LogP contribution >= 0.6 is 0 Å². The first-order valence-corrected chi connectivity index (χ1v) is 9.38. The lowest BCUT2D eigenvalue weighted by atomic mass is 9.89. The zero-order valence-electron chi connectivity index (χ0n) is 14.9. The van der Waals surface area contributed by atoms with E-state index in [1.165, 1.54) is 12.8 Å². The van der Waals surface area contributed by atoms with Crippen molar-refractivity contribution in [3.63, 3.8) is 0 Å². The number of hydrogen-bond donors (Lipinski definition) is 2. The molecular weight excluding hydrogens is 316 g/mol. The number of amides is 2. The molecule has 5 heteroatoms. The topological polar surface area (TPSA) is 67.4 Å². The highest BCUT2D eigenvalue weighted by atomic mass is 16.5. The third kappa shape index (κ3) is 5.30. The second-order valence-electron chi connectivity index (χ2n) is 7.43. The number of nitrogens with one attached hydrogen (secondary N) is 2. The zero-order chi connectivity index (χ0) is 17.6. The first-order chi connectivity index (χ1) is 12.1. The first kappa shape index (κ1) is 17.9. The minimum absolute atomic E-state index is 0.0280. The Morgan fingerprint density at radius 2 is 2.20 bits per heavy atom. The molecule has 5 nitrogen and oxygen atoms in total. The Morgan fingerprint density at radius 1 is 1.32 bits per heavy atom. The number of anilines is 1. The molecule has 1 aromatic rings. The van der Waals surface area contributed by atoms with Gasteiger partial charge in [0.2, 0.25) is 11.8 Å². The Morgan fingerprint density at radius 3 is 2.96 bits per heavy atom. The largest absolute Gasteiger partial charge is 0.374 e. The van der Waals surface area contributed by atoms with Gasteiger partial charge in [0.05, 0.1) is 18.6 Å². The van der Waals surface area contributed by atoms with E-state index in [1.54, 1.807) is 0 Å². The molecule has 3 atom stereocenters. The molecule has 2 fully saturated rings. The summed E-state index contributed by atoms with van der Waals surface area (Å²) in [5, 5.41) is 5.72. The van der Waals surface area contributed by atoms with E-state index in [9.17, 15) is 9.59 Å². The van der Waals surface area contributed by atoms with Crippen LogP contribution in [0.3, 0.4) is 0 Å². The van der Waals surface area contributed by atoms with Crippen LogP contribution in [0.15, 0.2) is 24.3 Å². The summed E-state index contributed by atoms with van der Waals surface area (Å²) in [6.07, 6.45) is 6.24. The van der Waals surface area contributed by atoms with Crippen molar-refractivity contribution in [2.45, 2.75) is 58.2 Å². The second-order valence-corrected chi connectivity index (χ2v) is 7.43. The lowest BCUT2D eigenvalue weighted by molar-refractivity contribution is -0.126. The Bertz CT molecular complexity index is 607. The van der Waals surface area contributed by atoms with Crippen molar-refractivity contribution in [3.05, 3.63) is 29.8 Å². The number of ether oxygens (including phenoxy) is 1. The lowest BCUT2D eigenvalue weighted by Gasteiger charge is -2.26. The van der Waals surface area contributed by atoms with Crippen LogP contribution in [-0.2, 0) is 20.9 Å². The van der Waals surface area contributed by atoms with Gasteiger partial charge in [-0.25, -0.2) is 0 Å². The third-order valence-electron chi connectivity index (χ3n) is 5.20. The molecule has 0 unspecified atom stereocenters. The van der Waals surface area contributed by atoms with Gasteiger partial charge in [0.25, 0.3) is 0 Å². The molecule has 2 amide bonds. The van der Waals surface area contributed by atoms with E-state index in [4.69, 9.17) is 4.74 Å². The first-order valence-electron chi connectivity index (χ1n) is 9.38. The second kappa shape index (κ2) is 8.48. The van der Waals surface area contributed by atoms with Crippen LogP contribution in [0.1, 0.15) is 51.0 Å². The molecule has 3 rings (SSSR count). The number of carbonyl (C=O) groups is 2. The summed E-state index contributed by atoms with van der Waals surface area (Å²) >= 11 is 0. The van der Waals surface area contributed by atoms with E-state index >= 15 is 0 Å². The molecule has 0 aromatic heterocycles. The molecule has 0 spiro atoms. The average molecular weight is 344 g/mol. The molecule has 1 aromatic carbocycles. The molecule has 0 bridgehead atoms. The van der Waals surface area contributed by atoms with Gasteiger partial charge in [-0.1, -0.05) is 31.9 Å². The van der Waals surface area contributed by atoms with E-state index in [0.29, 0.717) is 32.1 Å². The number of hydrogen-bond acceptors (Lipinski definition) is 3. The average Bonchev–Trinajstić information content (AvgIpc) is 2.61. The van der Waals surface area contributed by atoms with Gasteiger partial charge < -0.3 is 15.4 Å². The van der Waals surface area contributed by atoms with Crippen molar-refractivity contribution in [1.29, 1.82) is 0 Å². The van der Waals surface area contributed by atoms with E-state index in [1.807, 2.05) is 24.3 Å². The zero-order valence-corrected chi connectivity index (χ0v) is 14.9. The standard InChI is InChI=1S/C20H28N2O3/c1-14-4-2-7-18(10-14)25-13-15-5-3-6-17(11-15)22-20(24)16-8-9-19(23)21-12-16/h3,5-6,11,14,16,18H,2,4,7-10,12-13H2,1H3,(H,21,23)(H,22,24)/t14-,16-,18-/m1/s1. The fraction of sp³-hybridized carbons (Fsp3) is 0.600. The molecule has 1 aliphatic heterocycles. The molecule has 2 aliphatic rings. The van der Waals surface area contributed by atoms with Crippen molar-refractivity contribution >= 4 is 17.5 Å². The van der Waals surface area contributed by atoms with E-state index < -0.39 is 0 Å². The summed E-state index contributed by atoms with van der Waals surface area (Å²) in [4.78, 5) is 23.5. The number of benzene rings is 1. The van der Waals surface area contributed by atoms with Gasteiger partial charge in [-0.05, 0) is 42.9 Å². The molecule has 0 radical (unpaired) electrons. The van der Waals surface area contributed by atoms with Crippen LogP contribution in [0, 0.1) is 11.8 Å². The van der Waals surface area contributed by atoms with Crippen LogP contribution in [0.25, 0.3) is 0 Å². The maximum atomic E-state index is 12.3. The SMILES string of the molecule is C[C@@H]1CCC[C@@H](OCc2cccc(NC(=O)[C@@H]3CCC(=O)NC3)c2)C1. The van der Waals surface area contributed by atoms with Crippen molar-refractivity contribution in [2.24, 2.45) is 11.8 Å². The van der Waals surface area contributed by atoms with Crippen LogP contribution in [0.4, 0.5) is 5.69 Å². The van der Waals surface area contributed by atoms with Crippen LogP contribution in [-0.4, -0.2) is 24.5 Å². The summed E-state index contributed by atoms with van der Waals surface area (Å²) in [5.74, 6) is 0.598. The van der Waals surface area contributed by atoms with Gasteiger partial charge >= 0.3 is 0 Å². The Kier molecular flexibility index (Phi) is 6.08. The van der Waals surface area contributed by atoms with Crippen molar-refractivity contribution in [3.8, 4) is 0 Å². The number of rotatable bonds is 5. The molecule has 25 heavy (non-hydrogen) atoms. The van der Waals surface area contributed by atoms with Gasteiger partial charge in [0, 0.05) is 18.7 Å². The molecule has 1 saturated carbocycles. The molecular formula is C20H28N2O3. The highest BCUT2D eigenvalue weighted by Gasteiger charge is 2.24. The minimum atomic E-state index is -0.152. The van der Waals surface area contributed by atoms with Crippen molar-refractivity contribution in [1.82, 2.24) is 5.32 Å². The highest BCUT2D eigenvalue weighted by Crippen LogP contribution is 2.26. The quantitative estimate of drug-likeness (QED) is 0.862.